The summed E-state index contributed by atoms with van der Waals surface area (Å²) < 4.78 is 42.5. The number of nitrogens with zero attached hydrogens (tertiary/aromatic N) is 1. The maximum Gasteiger partial charge on any atom is 0.349 e. The highest BCUT2D eigenvalue weighted by Gasteiger charge is 2.26. The second kappa shape index (κ2) is 8.72. The van der Waals surface area contributed by atoms with Crippen molar-refractivity contribution < 1.29 is 27.4 Å². The fraction of sp³-hybridized carbons (Fsp3) is 0.350. The van der Waals surface area contributed by atoms with Gasteiger partial charge in [-0.05, 0) is 55.3 Å². The fourth-order valence-corrected chi connectivity index (χ4v) is 4.18. The summed E-state index contributed by atoms with van der Waals surface area (Å²) >= 11 is 0. The predicted octanol–water partition coefficient (Wildman–Crippen LogP) is 2.31. The minimum absolute atomic E-state index is 0.154. The van der Waals surface area contributed by atoms with Crippen molar-refractivity contribution in [2.24, 2.45) is 0 Å². The van der Waals surface area contributed by atoms with E-state index in [2.05, 4.69) is 0 Å². The van der Waals surface area contributed by atoms with Crippen LogP contribution in [0, 0.1) is 13.8 Å². The van der Waals surface area contributed by atoms with Crippen LogP contribution in [-0.2, 0) is 19.6 Å². The van der Waals surface area contributed by atoms with E-state index < -0.39 is 16.0 Å². The van der Waals surface area contributed by atoms with Gasteiger partial charge in [-0.25, -0.2) is 13.2 Å². The lowest BCUT2D eigenvalue weighted by molar-refractivity contribution is -0.136. The van der Waals surface area contributed by atoms with Gasteiger partial charge in [0.25, 0.3) is 0 Å². The third-order valence-corrected chi connectivity index (χ3v) is 6.27. The van der Waals surface area contributed by atoms with Crippen LogP contribution in [0.15, 0.2) is 47.4 Å². The van der Waals surface area contributed by atoms with E-state index in [-0.39, 0.29) is 17.3 Å². The van der Waals surface area contributed by atoms with Gasteiger partial charge in [0, 0.05) is 13.1 Å². The maximum absolute atomic E-state index is 12.6. The van der Waals surface area contributed by atoms with Crippen LogP contribution in [0.5, 0.6) is 11.5 Å². The number of aryl methyl sites for hydroxylation is 2. The molecule has 3 rings (SSSR count). The Morgan fingerprint density at radius 2 is 1.75 bits per heavy atom. The average Bonchev–Trinajstić information content (AvgIpc) is 2.70. The van der Waals surface area contributed by atoms with Gasteiger partial charge in [-0.15, -0.1) is 0 Å². The lowest BCUT2D eigenvalue weighted by Crippen LogP contribution is -2.40. The molecule has 0 unspecified atom stereocenters. The van der Waals surface area contributed by atoms with Crippen LogP contribution in [0.3, 0.4) is 0 Å². The molecule has 7 nitrogen and oxygen atoms in total. The topological polar surface area (TPSA) is 82.1 Å². The Balaban J connectivity index is 1.59. The first kappa shape index (κ1) is 20.3. The van der Waals surface area contributed by atoms with E-state index in [0.717, 1.165) is 11.1 Å². The number of benzene rings is 2. The first-order chi connectivity index (χ1) is 13.4. The molecule has 1 heterocycles. The Hall–Kier alpha value is -2.42. The zero-order chi connectivity index (χ0) is 20.1. The molecule has 1 fully saturated rings. The highest BCUT2D eigenvalue weighted by atomic mass is 32.2. The second-order valence-corrected chi connectivity index (χ2v) is 8.46. The highest BCUT2D eigenvalue weighted by Crippen LogP contribution is 2.21. The molecule has 1 saturated heterocycles. The molecule has 0 aromatic heterocycles. The van der Waals surface area contributed by atoms with Crippen molar-refractivity contribution >= 4 is 16.0 Å². The van der Waals surface area contributed by atoms with Crippen molar-refractivity contribution in [1.29, 1.82) is 0 Å². The summed E-state index contributed by atoms with van der Waals surface area (Å²) in [4.78, 5) is 12.2. The number of ether oxygens (including phenoxy) is 3. The third kappa shape index (κ3) is 4.89. The number of hydrogen-bond acceptors (Lipinski definition) is 6. The summed E-state index contributed by atoms with van der Waals surface area (Å²) in [6.07, 6.45) is 0. The molecule has 0 spiro atoms. The summed E-state index contributed by atoms with van der Waals surface area (Å²) in [6, 6.07) is 11.5. The summed E-state index contributed by atoms with van der Waals surface area (Å²) in [5.41, 5.74) is 1.96. The number of carbonyl (C=O) groups is 1. The van der Waals surface area contributed by atoms with E-state index in [0.29, 0.717) is 32.1 Å². The van der Waals surface area contributed by atoms with Gasteiger partial charge in [0.15, 0.2) is 6.61 Å². The molecule has 0 bridgehead atoms. The first-order valence-corrected chi connectivity index (χ1v) is 10.4. The molecular formula is C20H23NO6S. The van der Waals surface area contributed by atoms with E-state index in [1.807, 2.05) is 32.0 Å². The largest absolute Gasteiger partial charge is 0.482 e. The number of sulfonamides is 1. The lowest BCUT2D eigenvalue weighted by atomic mass is 10.1. The molecule has 0 amide bonds. The van der Waals surface area contributed by atoms with Crippen LogP contribution in [0.1, 0.15) is 11.1 Å². The van der Waals surface area contributed by atoms with Crippen LogP contribution in [0.4, 0.5) is 0 Å². The molecule has 0 N–H and O–H groups in total. The maximum atomic E-state index is 12.6. The number of hydrogen-bond donors (Lipinski definition) is 0. The first-order valence-electron chi connectivity index (χ1n) is 8.95. The van der Waals surface area contributed by atoms with Crippen molar-refractivity contribution in [1.82, 2.24) is 4.31 Å². The fourth-order valence-electron chi connectivity index (χ4n) is 2.78. The van der Waals surface area contributed by atoms with Gasteiger partial charge in [-0.2, -0.15) is 4.31 Å². The number of carbonyl (C=O) groups excluding carboxylic acids is 1. The molecule has 150 valence electrons. The molecule has 2 aromatic rings. The minimum Gasteiger partial charge on any atom is -0.482 e. The highest BCUT2D eigenvalue weighted by molar-refractivity contribution is 7.89. The monoisotopic (exact) mass is 405 g/mol. The summed E-state index contributed by atoms with van der Waals surface area (Å²) in [5.74, 6) is 0.323. The van der Waals surface area contributed by atoms with Crippen molar-refractivity contribution in [2.45, 2.75) is 18.7 Å². The van der Waals surface area contributed by atoms with E-state index in [1.165, 1.54) is 28.6 Å². The summed E-state index contributed by atoms with van der Waals surface area (Å²) in [6.45, 7) is 5.03. The lowest BCUT2D eigenvalue weighted by Gasteiger charge is -2.26. The van der Waals surface area contributed by atoms with E-state index in [4.69, 9.17) is 14.2 Å². The van der Waals surface area contributed by atoms with Gasteiger partial charge in [-0.3, -0.25) is 0 Å². The van der Waals surface area contributed by atoms with Gasteiger partial charge in [0.1, 0.15) is 11.5 Å². The standard InChI is InChI=1S/C20H23NO6S/c1-15-3-4-16(2)19(13-15)26-14-20(22)27-17-5-7-18(8-6-17)28(23,24)21-9-11-25-12-10-21/h3-8,13H,9-12,14H2,1-2H3. The summed E-state index contributed by atoms with van der Waals surface area (Å²) in [7, 11) is -3.57. The molecule has 0 atom stereocenters. The van der Waals surface area contributed by atoms with Gasteiger partial charge in [0.05, 0.1) is 18.1 Å². The van der Waals surface area contributed by atoms with Crippen molar-refractivity contribution in [3.05, 3.63) is 53.6 Å². The molecule has 0 aliphatic carbocycles. The molecule has 0 radical (unpaired) electrons. The minimum atomic E-state index is -3.57. The number of rotatable bonds is 6. The molecule has 8 heteroatoms. The summed E-state index contributed by atoms with van der Waals surface area (Å²) in [5, 5.41) is 0. The second-order valence-electron chi connectivity index (χ2n) is 6.52. The number of esters is 1. The van der Waals surface area contributed by atoms with Crippen LogP contribution in [0.25, 0.3) is 0 Å². The molecule has 1 aliphatic heterocycles. The Bertz CT molecular complexity index is 934. The van der Waals surface area contributed by atoms with E-state index >= 15 is 0 Å². The third-order valence-electron chi connectivity index (χ3n) is 4.35. The van der Waals surface area contributed by atoms with Crippen LogP contribution in [-0.4, -0.2) is 51.6 Å². The smallest absolute Gasteiger partial charge is 0.349 e. The Labute approximate surface area is 164 Å². The zero-order valence-corrected chi connectivity index (χ0v) is 16.7. The zero-order valence-electron chi connectivity index (χ0n) is 15.9. The van der Waals surface area contributed by atoms with Crippen LogP contribution in [0.2, 0.25) is 0 Å². The van der Waals surface area contributed by atoms with Crippen molar-refractivity contribution in [3.8, 4) is 11.5 Å². The SMILES string of the molecule is Cc1ccc(C)c(OCC(=O)Oc2ccc(S(=O)(=O)N3CCOCC3)cc2)c1. The Morgan fingerprint density at radius 1 is 1.07 bits per heavy atom. The van der Waals surface area contributed by atoms with E-state index in [1.54, 1.807) is 0 Å². The van der Waals surface area contributed by atoms with Crippen molar-refractivity contribution in [3.63, 3.8) is 0 Å². The predicted molar refractivity (Wildman–Crippen MR) is 103 cm³/mol. The van der Waals surface area contributed by atoms with Gasteiger partial charge < -0.3 is 14.2 Å². The quantitative estimate of drug-likeness (QED) is 0.542. The van der Waals surface area contributed by atoms with Gasteiger partial charge >= 0.3 is 5.97 Å². The Kier molecular flexibility index (Phi) is 6.33. The van der Waals surface area contributed by atoms with Crippen molar-refractivity contribution in [2.75, 3.05) is 32.9 Å². The van der Waals surface area contributed by atoms with Crippen LogP contribution >= 0.6 is 0 Å². The molecule has 28 heavy (non-hydrogen) atoms. The molecular weight excluding hydrogens is 382 g/mol. The van der Waals surface area contributed by atoms with Gasteiger partial charge in [0.2, 0.25) is 10.0 Å². The molecule has 1 aliphatic rings. The van der Waals surface area contributed by atoms with Gasteiger partial charge in [-0.1, -0.05) is 12.1 Å². The normalized spacial score (nSPS) is 15.2. The Morgan fingerprint density at radius 3 is 2.43 bits per heavy atom. The molecule has 2 aromatic carbocycles. The molecule has 0 saturated carbocycles. The average molecular weight is 405 g/mol. The number of morpholine rings is 1. The van der Waals surface area contributed by atoms with Crippen LogP contribution < -0.4 is 9.47 Å². The van der Waals surface area contributed by atoms with E-state index in [9.17, 15) is 13.2 Å².